The van der Waals surface area contributed by atoms with Crippen molar-refractivity contribution in [3.8, 4) is 0 Å². The van der Waals surface area contributed by atoms with E-state index in [0.717, 1.165) is 12.8 Å². The summed E-state index contributed by atoms with van der Waals surface area (Å²) in [6.07, 6.45) is 3.35. The molecule has 0 amide bonds. The summed E-state index contributed by atoms with van der Waals surface area (Å²) in [6.45, 7) is 2.63. The third kappa shape index (κ3) is 1.28. The van der Waals surface area contributed by atoms with Gasteiger partial charge in [0.15, 0.2) is 0 Å². The van der Waals surface area contributed by atoms with Gasteiger partial charge in [0.1, 0.15) is 0 Å². The predicted octanol–water partition coefficient (Wildman–Crippen LogP) is 1.80. The number of halogens is 1. The lowest BCUT2D eigenvalue weighted by Crippen LogP contribution is -2.55. The monoisotopic (exact) mass is 272 g/mol. The molecule has 3 nitrogen and oxygen atoms in total. The average molecular weight is 273 g/mol. The van der Waals surface area contributed by atoms with Gasteiger partial charge in [-0.2, -0.15) is 0 Å². The second kappa shape index (κ2) is 3.15. The van der Waals surface area contributed by atoms with Crippen LogP contribution in [0.5, 0.6) is 0 Å². The summed E-state index contributed by atoms with van der Waals surface area (Å²) in [5.41, 5.74) is 1.28. The zero-order chi connectivity index (χ0) is 10.6. The highest BCUT2D eigenvalue weighted by Crippen LogP contribution is 2.49. The van der Waals surface area contributed by atoms with Crippen molar-refractivity contribution >= 4 is 21.7 Å². The number of fused-ring (bicyclic) bond motifs is 4. The molecule has 4 heteroatoms. The maximum absolute atomic E-state index is 12.2. The highest BCUT2D eigenvalue weighted by Gasteiger charge is 2.58. The number of hydrogen-bond acceptors (Lipinski definition) is 3. The van der Waals surface area contributed by atoms with Crippen molar-refractivity contribution in [1.29, 1.82) is 0 Å². The first-order valence-corrected chi connectivity index (χ1v) is 6.06. The molecule has 0 saturated carbocycles. The number of carbonyl (C=O) groups is 1. The van der Waals surface area contributed by atoms with E-state index < -0.39 is 10.6 Å². The topological polar surface area (TPSA) is 35.5 Å². The van der Waals surface area contributed by atoms with E-state index in [1.54, 1.807) is 0 Å². The number of allylic oxidation sites excluding steroid dienone is 2. The first-order valence-electron chi connectivity index (χ1n) is 5.27. The summed E-state index contributed by atoms with van der Waals surface area (Å²) in [5, 5.41) is 0. The minimum absolute atomic E-state index is 0.0636. The molecule has 15 heavy (non-hydrogen) atoms. The normalized spacial score (nSPS) is 48.8. The first kappa shape index (κ1) is 10.00. The zero-order valence-electron chi connectivity index (χ0n) is 8.53. The Morgan fingerprint density at radius 3 is 3.20 bits per heavy atom. The maximum Gasteiger partial charge on any atom is 0.219 e. The third-order valence-electron chi connectivity index (χ3n) is 3.63. The molecule has 82 valence electrons. The molecule has 0 N–H and O–H groups in total. The summed E-state index contributed by atoms with van der Waals surface area (Å²) in [5.74, 6) is 0.293. The molecule has 4 atom stereocenters. The second-order valence-electron chi connectivity index (χ2n) is 4.64. The minimum atomic E-state index is -0.628. The summed E-state index contributed by atoms with van der Waals surface area (Å²) in [7, 11) is 0. The molecule has 1 aliphatic carbocycles. The molecule has 0 unspecified atom stereocenters. The van der Waals surface area contributed by atoms with Crippen LogP contribution in [0.25, 0.3) is 0 Å². The van der Waals surface area contributed by atoms with Crippen LogP contribution in [0.4, 0.5) is 0 Å². The number of carbonyl (C=O) groups excluding carboxylic acids is 1. The minimum Gasteiger partial charge on any atom is -0.343 e. The van der Waals surface area contributed by atoms with Crippen molar-refractivity contribution in [1.82, 2.24) is 0 Å². The van der Waals surface area contributed by atoms with E-state index in [1.165, 1.54) is 5.57 Å². The largest absolute Gasteiger partial charge is 0.343 e. The molecule has 0 aromatic carbocycles. The molecule has 3 rings (SSSR count). The summed E-state index contributed by atoms with van der Waals surface area (Å²) < 4.78 is 10.5. The van der Waals surface area contributed by atoms with Crippen LogP contribution in [0.2, 0.25) is 0 Å². The highest BCUT2D eigenvalue weighted by atomic mass is 79.9. The maximum atomic E-state index is 12.2. The van der Waals surface area contributed by atoms with E-state index in [2.05, 4.69) is 28.9 Å². The van der Waals surface area contributed by atoms with Crippen LogP contribution in [-0.2, 0) is 14.3 Å². The van der Waals surface area contributed by atoms with E-state index in [1.807, 2.05) is 0 Å². The molecular weight excluding hydrogens is 260 g/mol. The molecule has 2 bridgehead atoms. The fourth-order valence-electron chi connectivity index (χ4n) is 2.80. The Kier molecular flexibility index (Phi) is 2.10. The van der Waals surface area contributed by atoms with Crippen LogP contribution in [-0.4, -0.2) is 29.1 Å². The smallest absolute Gasteiger partial charge is 0.219 e. The molecule has 2 heterocycles. The van der Waals surface area contributed by atoms with Gasteiger partial charge < -0.3 is 9.47 Å². The lowest BCUT2D eigenvalue weighted by molar-refractivity contribution is -0.162. The Balaban J connectivity index is 2.02. The second-order valence-corrected chi connectivity index (χ2v) is 6.05. The Morgan fingerprint density at radius 1 is 1.60 bits per heavy atom. The van der Waals surface area contributed by atoms with E-state index >= 15 is 0 Å². The van der Waals surface area contributed by atoms with E-state index in [0.29, 0.717) is 6.61 Å². The van der Waals surface area contributed by atoms with Gasteiger partial charge in [0.25, 0.3) is 0 Å². The van der Waals surface area contributed by atoms with Crippen molar-refractivity contribution in [2.45, 2.75) is 36.5 Å². The van der Waals surface area contributed by atoms with Crippen LogP contribution in [0, 0.1) is 5.92 Å². The van der Waals surface area contributed by atoms with Gasteiger partial charge in [-0.1, -0.05) is 27.6 Å². The van der Waals surface area contributed by atoms with E-state index in [-0.39, 0.29) is 17.8 Å². The number of rotatable bonds is 0. The SMILES string of the molecule is CC1=CC[C@@H]2[C@H]3CO[C@H](O3)C(=O)[C@]2(Br)C1. The quantitative estimate of drug-likeness (QED) is 0.498. The Morgan fingerprint density at radius 2 is 2.40 bits per heavy atom. The van der Waals surface area contributed by atoms with Gasteiger partial charge in [-0.05, 0) is 19.8 Å². The van der Waals surface area contributed by atoms with Crippen molar-refractivity contribution in [2.24, 2.45) is 5.92 Å². The highest BCUT2D eigenvalue weighted by molar-refractivity contribution is 9.10. The molecule has 0 radical (unpaired) electrons. The van der Waals surface area contributed by atoms with Gasteiger partial charge in [-0.3, -0.25) is 4.79 Å². The van der Waals surface area contributed by atoms with Gasteiger partial charge in [-0.15, -0.1) is 0 Å². The fourth-order valence-corrected chi connectivity index (χ4v) is 3.92. The van der Waals surface area contributed by atoms with Crippen LogP contribution in [0.15, 0.2) is 11.6 Å². The summed E-state index contributed by atoms with van der Waals surface area (Å²) >= 11 is 3.65. The average Bonchev–Trinajstić information content (AvgIpc) is 2.61. The van der Waals surface area contributed by atoms with Crippen LogP contribution >= 0.6 is 15.9 Å². The molecule has 2 aliphatic heterocycles. The Labute approximate surface area is 96.9 Å². The molecule has 0 aromatic heterocycles. The lowest BCUT2D eigenvalue weighted by Gasteiger charge is -2.43. The van der Waals surface area contributed by atoms with E-state index in [4.69, 9.17) is 9.47 Å². The molecule has 0 aromatic rings. The fraction of sp³-hybridized carbons (Fsp3) is 0.727. The van der Waals surface area contributed by atoms with Gasteiger partial charge in [0, 0.05) is 5.92 Å². The molecule has 2 fully saturated rings. The molecule has 0 spiro atoms. The van der Waals surface area contributed by atoms with Crippen LogP contribution < -0.4 is 0 Å². The van der Waals surface area contributed by atoms with Crippen LogP contribution in [0.1, 0.15) is 19.8 Å². The predicted molar refractivity (Wildman–Crippen MR) is 57.8 cm³/mol. The lowest BCUT2D eigenvalue weighted by atomic mass is 9.73. The van der Waals surface area contributed by atoms with Crippen molar-refractivity contribution in [3.63, 3.8) is 0 Å². The molecule has 3 aliphatic rings. The number of ether oxygens (including phenoxy) is 2. The Hall–Kier alpha value is -0.190. The van der Waals surface area contributed by atoms with Gasteiger partial charge >= 0.3 is 0 Å². The molecule has 2 saturated heterocycles. The summed E-state index contributed by atoms with van der Waals surface area (Å²) in [4.78, 5) is 12.2. The number of Topliss-reactive ketones (excluding diaryl/α,β-unsaturated/α-hetero) is 1. The van der Waals surface area contributed by atoms with Gasteiger partial charge in [0.2, 0.25) is 12.1 Å². The van der Waals surface area contributed by atoms with Crippen molar-refractivity contribution in [2.75, 3.05) is 6.61 Å². The third-order valence-corrected chi connectivity index (χ3v) is 4.89. The number of hydrogen-bond donors (Lipinski definition) is 0. The number of alkyl halides is 1. The Bertz CT molecular complexity index is 352. The van der Waals surface area contributed by atoms with Crippen LogP contribution in [0.3, 0.4) is 0 Å². The van der Waals surface area contributed by atoms with E-state index in [9.17, 15) is 4.79 Å². The van der Waals surface area contributed by atoms with Crippen molar-refractivity contribution < 1.29 is 14.3 Å². The van der Waals surface area contributed by atoms with Crippen molar-refractivity contribution in [3.05, 3.63) is 11.6 Å². The standard InChI is InChI=1S/C11H13BrO3/c1-6-2-3-7-8-5-14-10(15-8)9(13)11(7,12)4-6/h2,7-8,10H,3-5H2,1H3/t7-,8-,10-,11+/m1/s1. The number of ketones is 1. The first-order chi connectivity index (χ1) is 7.11. The molecular formula is C11H13BrO3. The van der Waals surface area contributed by atoms with Gasteiger partial charge in [-0.25, -0.2) is 0 Å². The zero-order valence-corrected chi connectivity index (χ0v) is 10.1. The van der Waals surface area contributed by atoms with Gasteiger partial charge in [0.05, 0.1) is 17.0 Å². The summed E-state index contributed by atoms with van der Waals surface area (Å²) in [6, 6.07) is 0.